The fraction of sp³-hybridized carbons (Fsp3) is 0.556. The summed E-state index contributed by atoms with van der Waals surface area (Å²) in [6.45, 7) is 2.08. The second-order valence-electron chi connectivity index (χ2n) is 6.19. The van der Waals surface area contributed by atoms with E-state index >= 15 is 0 Å². The van der Waals surface area contributed by atoms with E-state index in [9.17, 15) is 14.7 Å². The van der Waals surface area contributed by atoms with Crippen LogP contribution in [0.2, 0.25) is 0 Å². The number of carbonyl (C=O) groups is 2. The molecule has 1 aliphatic carbocycles. The number of benzene rings is 1. The molecule has 0 radical (unpaired) electrons. The van der Waals surface area contributed by atoms with Gasteiger partial charge in [-0.3, -0.25) is 9.59 Å². The van der Waals surface area contributed by atoms with Crippen molar-refractivity contribution >= 4 is 11.8 Å². The molecule has 1 atom stereocenters. The lowest BCUT2D eigenvalue weighted by Gasteiger charge is -2.30. The van der Waals surface area contributed by atoms with Gasteiger partial charge < -0.3 is 15.3 Å². The molecule has 1 fully saturated rings. The third-order valence-corrected chi connectivity index (χ3v) is 4.39. The first-order chi connectivity index (χ1) is 11.1. The van der Waals surface area contributed by atoms with Crippen molar-refractivity contribution < 1.29 is 14.7 Å². The van der Waals surface area contributed by atoms with Gasteiger partial charge in [-0.05, 0) is 24.3 Å². The summed E-state index contributed by atoms with van der Waals surface area (Å²) in [5, 5.41) is 12.1. The normalized spacial score (nSPS) is 16.1. The van der Waals surface area contributed by atoms with Gasteiger partial charge in [-0.1, -0.05) is 43.2 Å². The van der Waals surface area contributed by atoms with Crippen LogP contribution in [0.4, 0.5) is 0 Å². The Balaban J connectivity index is 2.13. The van der Waals surface area contributed by atoms with Gasteiger partial charge >= 0.3 is 0 Å². The van der Waals surface area contributed by atoms with E-state index in [1.54, 1.807) is 4.90 Å². The van der Waals surface area contributed by atoms with Gasteiger partial charge in [0.15, 0.2) is 0 Å². The molecule has 0 aliphatic heterocycles. The van der Waals surface area contributed by atoms with Gasteiger partial charge in [0.1, 0.15) is 6.04 Å². The minimum atomic E-state index is -0.481. The molecule has 1 aliphatic rings. The van der Waals surface area contributed by atoms with Gasteiger partial charge in [-0.2, -0.15) is 0 Å². The average molecular weight is 318 g/mol. The summed E-state index contributed by atoms with van der Waals surface area (Å²) < 4.78 is 0. The fourth-order valence-electron chi connectivity index (χ4n) is 3.28. The second-order valence-corrected chi connectivity index (χ2v) is 6.19. The van der Waals surface area contributed by atoms with E-state index in [2.05, 4.69) is 5.32 Å². The molecule has 0 bridgehead atoms. The summed E-state index contributed by atoms with van der Waals surface area (Å²) in [4.78, 5) is 26.1. The topological polar surface area (TPSA) is 69.6 Å². The quantitative estimate of drug-likeness (QED) is 0.804. The lowest BCUT2D eigenvalue weighted by Crippen LogP contribution is -2.51. The lowest BCUT2D eigenvalue weighted by atomic mass is 9.96. The summed E-state index contributed by atoms with van der Waals surface area (Å²) in [6.07, 6.45) is 4.14. The molecule has 2 amide bonds. The number of aliphatic hydroxyl groups is 1. The fourth-order valence-corrected chi connectivity index (χ4v) is 3.28. The first kappa shape index (κ1) is 17.5. The highest BCUT2D eigenvalue weighted by Gasteiger charge is 2.33. The third kappa shape index (κ3) is 5.06. The van der Waals surface area contributed by atoms with Crippen LogP contribution in [0.25, 0.3) is 0 Å². The standard InChI is InChI=1S/C18H26N2O3/c1-14(22)19-17(16-9-5-6-10-16)18(23)20(11-12-21)13-15-7-3-2-4-8-15/h2-4,7-8,16-17,21H,5-6,9-13H2,1H3,(H,19,22). The van der Waals surface area contributed by atoms with Crippen molar-refractivity contribution in [1.29, 1.82) is 0 Å². The van der Waals surface area contributed by atoms with Crippen LogP contribution in [0, 0.1) is 5.92 Å². The van der Waals surface area contributed by atoms with E-state index in [4.69, 9.17) is 0 Å². The van der Waals surface area contributed by atoms with Crippen molar-refractivity contribution in [2.24, 2.45) is 5.92 Å². The summed E-state index contributed by atoms with van der Waals surface area (Å²) in [6, 6.07) is 9.23. The van der Waals surface area contributed by atoms with E-state index < -0.39 is 6.04 Å². The highest BCUT2D eigenvalue weighted by atomic mass is 16.3. The van der Waals surface area contributed by atoms with Gasteiger partial charge in [0.2, 0.25) is 11.8 Å². The van der Waals surface area contributed by atoms with Crippen molar-refractivity contribution in [2.75, 3.05) is 13.2 Å². The lowest BCUT2D eigenvalue weighted by molar-refractivity contribution is -0.138. The maximum absolute atomic E-state index is 13.0. The Morgan fingerprint density at radius 1 is 1.26 bits per heavy atom. The Morgan fingerprint density at radius 2 is 1.91 bits per heavy atom. The van der Waals surface area contributed by atoms with Crippen LogP contribution in [0.1, 0.15) is 38.2 Å². The zero-order valence-electron chi connectivity index (χ0n) is 13.7. The molecule has 1 saturated carbocycles. The average Bonchev–Trinajstić information content (AvgIpc) is 3.06. The zero-order chi connectivity index (χ0) is 16.7. The van der Waals surface area contributed by atoms with Crippen molar-refractivity contribution in [3.8, 4) is 0 Å². The number of hydrogen-bond acceptors (Lipinski definition) is 3. The molecule has 2 rings (SSSR count). The Bertz CT molecular complexity index is 512. The summed E-state index contributed by atoms with van der Waals surface area (Å²) in [5.41, 5.74) is 1.02. The van der Waals surface area contributed by atoms with Gasteiger partial charge in [-0.25, -0.2) is 0 Å². The monoisotopic (exact) mass is 318 g/mol. The molecule has 0 saturated heterocycles. The van der Waals surface area contributed by atoms with E-state index in [1.807, 2.05) is 30.3 Å². The van der Waals surface area contributed by atoms with E-state index in [-0.39, 0.29) is 30.9 Å². The number of carbonyl (C=O) groups excluding carboxylic acids is 2. The molecular weight excluding hydrogens is 292 g/mol. The predicted octanol–water partition coefficient (Wildman–Crippen LogP) is 1.70. The molecule has 1 aromatic carbocycles. The largest absolute Gasteiger partial charge is 0.395 e. The molecule has 126 valence electrons. The number of nitrogens with zero attached hydrogens (tertiary/aromatic N) is 1. The summed E-state index contributed by atoms with van der Waals surface area (Å²) >= 11 is 0. The van der Waals surface area contributed by atoms with Crippen molar-refractivity contribution in [1.82, 2.24) is 10.2 Å². The minimum absolute atomic E-state index is 0.0873. The molecule has 5 heteroatoms. The van der Waals surface area contributed by atoms with E-state index in [0.29, 0.717) is 6.54 Å². The van der Waals surface area contributed by atoms with Crippen LogP contribution < -0.4 is 5.32 Å². The highest BCUT2D eigenvalue weighted by molar-refractivity contribution is 5.87. The Kier molecular flexibility index (Phi) is 6.59. The molecule has 0 heterocycles. The van der Waals surface area contributed by atoms with Gasteiger partial charge in [0.05, 0.1) is 6.61 Å². The van der Waals surface area contributed by atoms with Crippen molar-refractivity contribution in [3.63, 3.8) is 0 Å². The van der Waals surface area contributed by atoms with E-state index in [1.165, 1.54) is 6.92 Å². The maximum atomic E-state index is 13.0. The summed E-state index contributed by atoms with van der Waals surface area (Å²) in [7, 11) is 0. The first-order valence-corrected chi connectivity index (χ1v) is 8.32. The number of aliphatic hydroxyl groups excluding tert-OH is 1. The first-order valence-electron chi connectivity index (χ1n) is 8.32. The molecule has 2 N–H and O–H groups in total. The van der Waals surface area contributed by atoms with Crippen LogP contribution in [-0.4, -0.2) is 41.0 Å². The molecule has 5 nitrogen and oxygen atoms in total. The Labute approximate surface area is 137 Å². The molecule has 1 aromatic rings. The second kappa shape index (κ2) is 8.67. The smallest absolute Gasteiger partial charge is 0.245 e. The number of rotatable bonds is 7. The summed E-state index contributed by atoms with van der Waals surface area (Å²) in [5.74, 6) is -0.0766. The molecule has 23 heavy (non-hydrogen) atoms. The third-order valence-electron chi connectivity index (χ3n) is 4.39. The Morgan fingerprint density at radius 3 is 2.48 bits per heavy atom. The van der Waals surface area contributed by atoms with Crippen LogP contribution in [0.3, 0.4) is 0 Å². The number of hydrogen-bond donors (Lipinski definition) is 2. The Hall–Kier alpha value is -1.88. The van der Waals surface area contributed by atoms with Crippen molar-refractivity contribution in [2.45, 2.75) is 45.2 Å². The van der Waals surface area contributed by atoms with Crippen molar-refractivity contribution in [3.05, 3.63) is 35.9 Å². The van der Waals surface area contributed by atoms with Crippen LogP contribution in [0.15, 0.2) is 30.3 Å². The van der Waals surface area contributed by atoms with Crippen LogP contribution in [-0.2, 0) is 16.1 Å². The molecule has 0 aromatic heterocycles. The highest BCUT2D eigenvalue weighted by Crippen LogP contribution is 2.29. The number of nitrogens with one attached hydrogen (secondary N) is 1. The van der Waals surface area contributed by atoms with Crippen LogP contribution in [0.5, 0.6) is 0 Å². The van der Waals surface area contributed by atoms with Gasteiger partial charge in [0.25, 0.3) is 0 Å². The molecule has 1 unspecified atom stereocenters. The molecule has 0 spiro atoms. The van der Waals surface area contributed by atoms with E-state index in [0.717, 1.165) is 31.2 Å². The zero-order valence-corrected chi connectivity index (χ0v) is 13.7. The van der Waals surface area contributed by atoms with Gasteiger partial charge in [0, 0.05) is 20.0 Å². The molecular formula is C18H26N2O3. The SMILES string of the molecule is CC(=O)NC(C(=O)N(CCO)Cc1ccccc1)C1CCCC1. The number of amides is 2. The van der Waals surface area contributed by atoms with Crippen LogP contribution >= 0.6 is 0 Å². The minimum Gasteiger partial charge on any atom is -0.395 e. The predicted molar refractivity (Wildman–Crippen MR) is 88.5 cm³/mol. The maximum Gasteiger partial charge on any atom is 0.245 e. The van der Waals surface area contributed by atoms with Gasteiger partial charge in [-0.15, -0.1) is 0 Å².